The zero-order chi connectivity index (χ0) is 14.0. The van der Waals surface area contributed by atoms with E-state index in [1.807, 2.05) is 13.2 Å². The molecule has 0 spiro atoms. The zero-order valence-electron chi connectivity index (χ0n) is 10.4. The molecule has 0 N–H and O–H groups in total. The lowest BCUT2D eigenvalue weighted by Crippen LogP contribution is -2.14. The Morgan fingerprint density at radius 1 is 1.26 bits per heavy atom. The summed E-state index contributed by atoms with van der Waals surface area (Å²) in [4.78, 5) is 0.170. The van der Waals surface area contributed by atoms with Crippen molar-refractivity contribution in [3.63, 3.8) is 0 Å². The van der Waals surface area contributed by atoms with Gasteiger partial charge >= 0.3 is 0 Å². The minimum absolute atomic E-state index is 0.154. The van der Waals surface area contributed by atoms with Gasteiger partial charge in [-0.3, -0.25) is 0 Å². The largest absolute Gasteiger partial charge is 0.282 e. The average Bonchev–Trinajstić information content (AvgIpc) is 2.88. The van der Waals surface area contributed by atoms with Crippen LogP contribution in [0.5, 0.6) is 0 Å². The number of benzene rings is 1. The summed E-state index contributed by atoms with van der Waals surface area (Å²) in [5.74, 6) is 0. The van der Waals surface area contributed by atoms with E-state index in [4.69, 9.17) is 11.6 Å². The van der Waals surface area contributed by atoms with Crippen LogP contribution in [0.25, 0.3) is 0 Å². The van der Waals surface area contributed by atoms with E-state index in [0.717, 1.165) is 9.78 Å². The molecule has 0 saturated heterocycles. The second kappa shape index (κ2) is 5.56. The van der Waals surface area contributed by atoms with Gasteiger partial charge in [0.2, 0.25) is 0 Å². The van der Waals surface area contributed by atoms with Gasteiger partial charge in [-0.1, -0.05) is 11.6 Å². The van der Waals surface area contributed by atoms with Crippen molar-refractivity contribution in [3.05, 3.63) is 47.2 Å². The SMILES string of the molecule is CSC(C)c1ccn(S(=O)(=O)c2ccc(Cl)cc2)n1. The molecule has 0 bridgehead atoms. The van der Waals surface area contributed by atoms with Gasteiger partial charge in [0.15, 0.2) is 0 Å². The first-order valence-corrected chi connectivity index (χ1v) is 8.65. The summed E-state index contributed by atoms with van der Waals surface area (Å²) in [7, 11) is -3.64. The Balaban J connectivity index is 2.39. The van der Waals surface area contributed by atoms with Gasteiger partial charge in [0.05, 0.1) is 10.6 Å². The Morgan fingerprint density at radius 2 is 1.89 bits per heavy atom. The minimum atomic E-state index is -3.64. The smallest absolute Gasteiger partial charge is 0.199 e. The van der Waals surface area contributed by atoms with Crippen LogP contribution >= 0.6 is 23.4 Å². The first-order chi connectivity index (χ1) is 8.95. The Morgan fingerprint density at radius 3 is 2.47 bits per heavy atom. The van der Waals surface area contributed by atoms with Crippen LogP contribution in [0.15, 0.2) is 41.4 Å². The van der Waals surface area contributed by atoms with Gasteiger partial charge in [0.1, 0.15) is 0 Å². The van der Waals surface area contributed by atoms with Crippen molar-refractivity contribution in [2.45, 2.75) is 17.1 Å². The second-order valence-corrected chi connectivity index (χ2v) is 7.36. The van der Waals surface area contributed by atoms with E-state index in [1.165, 1.54) is 18.3 Å². The van der Waals surface area contributed by atoms with Crippen molar-refractivity contribution in [3.8, 4) is 0 Å². The van der Waals surface area contributed by atoms with Crippen molar-refractivity contribution in [1.82, 2.24) is 9.19 Å². The predicted octanol–water partition coefficient (Wildman–Crippen LogP) is 3.20. The van der Waals surface area contributed by atoms with E-state index >= 15 is 0 Å². The molecule has 1 heterocycles. The maximum Gasteiger partial charge on any atom is 0.282 e. The fourth-order valence-corrected chi connectivity index (χ4v) is 3.12. The van der Waals surface area contributed by atoms with Gasteiger partial charge in [-0.15, -0.1) is 0 Å². The highest BCUT2D eigenvalue weighted by Gasteiger charge is 2.19. The summed E-state index contributed by atoms with van der Waals surface area (Å²) in [6.45, 7) is 1.98. The summed E-state index contributed by atoms with van der Waals surface area (Å²) in [5.41, 5.74) is 0.741. The fraction of sp³-hybridized carbons (Fsp3) is 0.250. The highest BCUT2D eigenvalue weighted by molar-refractivity contribution is 7.98. The molecular formula is C12H13ClN2O2S2. The quantitative estimate of drug-likeness (QED) is 0.869. The van der Waals surface area contributed by atoms with Gasteiger partial charge in [0, 0.05) is 16.5 Å². The third-order valence-corrected chi connectivity index (χ3v) is 5.48. The van der Waals surface area contributed by atoms with Crippen LogP contribution in [-0.4, -0.2) is 23.9 Å². The van der Waals surface area contributed by atoms with Gasteiger partial charge in [-0.05, 0) is 43.5 Å². The molecule has 1 aromatic heterocycles. The number of rotatable bonds is 4. The van der Waals surface area contributed by atoms with E-state index in [-0.39, 0.29) is 10.1 Å². The normalized spacial score (nSPS) is 13.4. The van der Waals surface area contributed by atoms with Crippen LogP contribution in [0.3, 0.4) is 0 Å². The Labute approximate surface area is 121 Å². The maximum atomic E-state index is 12.3. The molecule has 1 aromatic carbocycles. The first kappa shape index (κ1) is 14.4. The highest BCUT2D eigenvalue weighted by atomic mass is 35.5. The lowest BCUT2D eigenvalue weighted by atomic mass is 10.3. The molecule has 1 unspecified atom stereocenters. The molecule has 0 amide bonds. The Hall–Kier alpha value is -0.980. The second-order valence-electron chi connectivity index (χ2n) is 3.95. The number of thioether (sulfide) groups is 1. The van der Waals surface area contributed by atoms with Crippen LogP contribution < -0.4 is 0 Å². The molecule has 0 saturated carbocycles. The van der Waals surface area contributed by atoms with Crippen molar-refractivity contribution < 1.29 is 8.42 Å². The minimum Gasteiger partial charge on any atom is -0.199 e. The van der Waals surface area contributed by atoms with E-state index in [0.29, 0.717) is 5.02 Å². The molecule has 0 radical (unpaired) electrons. The molecule has 7 heteroatoms. The topological polar surface area (TPSA) is 52.0 Å². The Kier molecular flexibility index (Phi) is 4.23. The lowest BCUT2D eigenvalue weighted by molar-refractivity contribution is 0.579. The Bertz CT molecular complexity index is 665. The summed E-state index contributed by atoms with van der Waals surface area (Å²) in [5, 5.41) is 4.78. The summed E-state index contributed by atoms with van der Waals surface area (Å²) in [6, 6.07) is 7.75. The van der Waals surface area contributed by atoms with E-state index in [2.05, 4.69) is 5.10 Å². The fourth-order valence-electron chi connectivity index (χ4n) is 1.51. The van der Waals surface area contributed by atoms with Crippen LogP contribution in [0, 0.1) is 0 Å². The maximum absolute atomic E-state index is 12.3. The van der Waals surface area contributed by atoms with Crippen molar-refractivity contribution in [1.29, 1.82) is 0 Å². The van der Waals surface area contributed by atoms with E-state index in [1.54, 1.807) is 30.0 Å². The zero-order valence-corrected chi connectivity index (χ0v) is 12.8. The monoisotopic (exact) mass is 316 g/mol. The van der Waals surface area contributed by atoms with Crippen LogP contribution in [0.4, 0.5) is 0 Å². The molecular weight excluding hydrogens is 304 g/mol. The standard InChI is InChI=1S/C12H13ClN2O2S2/c1-9(18-2)12-7-8-15(14-12)19(16,17)11-5-3-10(13)4-6-11/h3-9H,1-2H3. The molecule has 19 heavy (non-hydrogen) atoms. The van der Waals surface area contributed by atoms with Gasteiger partial charge in [0.25, 0.3) is 10.0 Å². The first-order valence-electron chi connectivity index (χ1n) is 5.54. The lowest BCUT2D eigenvalue weighted by Gasteiger charge is -2.05. The van der Waals surface area contributed by atoms with E-state index in [9.17, 15) is 8.42 Å². The third-order valence-electron chi connectivity index (χ3n) is 2.71. The number of halogens is 1. The highest BCUT2D eigenvalue weighted by Crippen LogP contribution is 2.24. The molecule has 0 aliphatic heterocycles. The van der Waals surface area contributed by atoms with Gasteiger partial charge in [-0.2, -0.15) is 29.4 Å². The molecule has 2 aromatic rings. The molecule has 0 aliphatic carbocycles. The number of hydrogen-bond donors (Lipinski definition) is 0. The van der Waals surface area contributed by atoms with Crippen molar-refractivity contribution in [2.24, 2.45) is 0 Å². The van der Waals surface area contributed by atoms with Crippen molar-refractivity contribution in [2.75, 3.05) is 6.26 Å². The summed E-state index contributed by atoms with van der Waals surface area (Å²) < 4.78 is 25.6. The van der Waals surface area contributed by atoms with Gasteiger partial charge in [-0.25, -0.2) is 0 Å². The predicted molar refractivity (Wildman–Crippen MR) is 78.2 cm³/mol. The van der Waals surface area contributed by atoms with Crippen LogP contribution in [-0.2, 0) is 10.0 Å². The third kappa shape index (κ3) is 2.96. The molecule has 2 rings (SSSR count). The summed E-state index contributed by atoms with van der Waals surface area (Å²) in [6.07, 6.45) is 3.42. The van der Waals surface area contributed by atoms with Crippen LogP contribution in [0.1, 0.15) is 17.9 Å². The number of aromatic nitrogens is 2. The molecule has 0 fully saturated rings. The molecule has 102 valence electrons. The number of nitrogens with zero attached hydrogens (tertiary/aromatic N) is 2. The van der Waals surface area contributed by atoms with E-state index < -0.39 is 10.0 Å². The average molecular weight is 317 g/mol. The summed E-state index contributed by atoms with van der Waals surface area (Å²) >= 11 is 7.36. The molecule has 1 atom stereocenters. The molecule has 0 aliphatic rings. The number of hydrogen-bond acceptors (Lipinski definition) is 4. The van der Waals surface area contributed by atoms with Crippen LogP contribution in [0.2, 0.25) is 5.02 Å². The molecule has 4 nitrogen and oxygen atoms in total. The van der Waals surface area contributed by atoms with Gasteiger partial charge < -0.3 is 0 Å². The van der Waals surface area contributed by atoms with Crippen molar-refractivity contribution >= 4 is 33.4 Å².